The van der Waals surface area contributed by atoms with Gasteiger partial charge in [0.2, 0.25) is 5.91 Å². The molecular weight excluding hydrogens is 322 g/mol. The number of amides is 1. The van der Waals surface area contributed by atoms with Crippen molar-refractivity contribution >= 4 is 21.8 Å². The number of fused-ring (bicyclic) bond motifs is 1. The molecule has 1 amide bonds. The third kappa shape index (κ3) is 4.13. The Hall–Kier alpha value is -1.23. The Kier molecular flexibility index (Phi) is 5.71. The van der Waals surface area contributed by atoms with E-state index in [1.54, 1.807) is 0 Å². The summed E-state index contributed by atoms with van der Waals surface area (Å²) in [7, 11) is 0. The Morgan fingerprint density at radius 1 is 1.30 bits per heavy atom. The maximum atomic E-state index is 11.8. The first-order valence-corrected chi connectivity index (χ1v) is 8.07. The average Bonchev–Trinajstić information content (AvgIpc) is 2.47. The molecule has 0 radical (unpaired) electrons. The molecule has 1 aromatic rings. The number of hydrogen-bond acceptors (Lipinski definition) is 3. The van der Waals surface area contributed by atoms with E-state index in [2.05, 4.69) is 21.2 Å². The summed E-state index contributed by atoms with van der Waals surface area (Å²) < 4.78 is 11.0. The Morgan fingerprint density at radius 2 is 2.05 bits per heavy atom. The highest BCUT2D eigenvalue weighted by Crippen LogP contribution is 2.32. The van der Waals surface area contributed by atoms with Crippen LogP contribution in [0.3, 0.4) is 0 Å². The number of benzene rings is 1. The molecule has 0 saturated heterocycles. The van der Waals surface area contributed by atoms with Gasteiger partial charge in [0, 0.05) is 11.8 Å². The fourth-order valence-corrected chi connectivity index (χ4v) is 2.50. The molecule has 1 unspecified atom stereocenters. The van der Waals surface area contributed by atoms with Crippen molar-refractivity contribution in [1.82, 2.24) is 5.32 Å². The largest absolute Gasteiger partial charge is 0.486 e. The van der Waals surface area contributed by atoms with Crippen molar-refractivity contribution in [2.45, 2.75) is 32.2 Å². The van der Waals surface area contributed by atoms with Crippen LogP contribution in [-0.2, 0) is 4.79 Å². The molecule has 1 aliphatic rings. The van der Waals surface area contributed by atoms with E-state index in [1.807, 2.05) is 25.1 Å². The van der Waals surface area contributed by atoms with E-state index in [4.69, 9.17) is 9.47 Å². The Bertz CT molecular complexity index is 464. The van der Waals surface area contributed by atoms with Crippen molar-refractivity contribution < 1.29 is 14.3 Å². The van der Waals surface area contributed by atoms with E-state index >= 15 is 0 Å². The van der Waals surface area contributed by atoms with E-state index in [9.17, 15) is 4.79 Å². The van der Waals surface area contributed by atoms with Crippen molar-refractivity contribution in [3.05, 3.63) is 23.8 Å². The Morgan fingerprint density at radius 3 is 2.80 bits per heavy atom. The smallest absolute Gasteiger partial charge is 0.220 e. The number of carbonyl (C=O) groups excluding carboxylic acids is 1. The summed E-state index contributed by atoms with van der Waals surface area (Å²) >= 11 is 3.36. The lowest BCUT2D eigenvalue weighted by Gasteiger charge is -2.21. The van der Waals surface area contributed by atoms with Gasteiger partial charge in [0.1, 0.15) is 13.2 Å². The molecule has 1 heterocycles. The number of halogens is 1. The van der Waals surface area contributed by atoms with Gasteiger partial charge in [0.15, 0.2) is 11.5 Å². The van der Waals surface area contributed by atoms with Crippen LogP contribution in [0.1, 0.15) is 37.8 Å². The fraction of sp³-hybridized carbons (Fsp3) is 0.533. The van der Waals surface area contributed by atoms with Gasteiger partial charge in [-0.2, -0.15) is 0 Å². The molecule has 4 nitrogen and oxygen atoms in total. The summed E-state index contributed by atoms with van der Waals surface area (Å²) in [6.07, 6.45) is 2.50. The summed E-state index contributed by atoms with van der Waals surface area (Å²) in [6, 6.07) is 5.79. The highest BCUT2D eigenvalue weighted by Gasteiger charge is 2.15. The molecule has 110 valence electrons. The van der Waals surface area contributed by atoms with Crippen LogP contribution in [0.15, 0.2) is 18.2 Å². The van der Waals surface area contributed by atoms with Crippen molar-refractivity contribution in [1.29, 1.82) is 0 Å². The van der Waals surface area contributed by atoms with Crippen LogP contribution in [0.25, 0.3) is 0 Å². The molecule has 0 aromatic heterocycles. The number of hydrogen-bond donors (Lipinski definition) is 1. The first-order valence-electron chi connectivity index (χ1n) is 6.95. The molecule has 5 heteroatoms. The topological polar surface area (TPSA) is 47.6 Å². The molecule has 0 spiro atoms. The van der Waals surface area contributed by atoms with Crippen molar-refractivity contribution in [3.8, 4) is 11.5 Å². The van der Waals surface area contributed by atoms with Crippen LogP contribution in [0.4, 0.5) is 0 Å². The molecule has 1 aliphatic heterocycles. The van der Waals surface area contributed by atoms with Gasteiger partial charge >= 0.3 is 0 Å². The summed E-state index contributed by atoms with van der Waals surface area (Å²) in [5.41, 5.74) is 1.03. The van der Waals surface area contributed by atoms with Crippen LogP contribution in [0.5, 0.6) is 11.5 Å². The fourth-order valence-electron chi connectivity index (χ4n) is 2.11. The molecule has 0 bridgehead atoms. The second kappa shape index (κ2) is 7.53. The third-order valence-corrected chi connectivity index (χ3v) is 3.79. The molecule has 20 heavy (non-hydrogen) atoms. The minimum absolute atomic E-state index is 0.0257. The number of rotatable bonds is 6. The summed E-state index contributed by atoms with van der Waals surface area (Å²) in [5, 5.41) is 3.95. The van der Waals surface area contributed by atoms with E-state index in [0.717, 1.165) is 35.2 Å². The number of carbonyl (C=O) groups is 1. The molecule has 0 saturated carbocycles. The average molecular weight is 342 g/mol. The third-order valence-electron chi connectivity index (χ3n) is 3.23. The first-order chi connectivity index (χ1) is 9.70. The van der Waals surface area contributed by atoms with Gasteiger partial charge < -0.3 is 14.8 Å². The lowest BCUT2D eigenvalue weighted by molar-refractivity contribution is -0.121. The van der Waals surface area contributed by atoms with Gasteiger partial charge in [0.05, 0.1) is 6.04 Å². The highest BCUT2D eigenvalue weighted by molar-refractivity contribution is 9.09. The lowest BCUT2D eigenvalue weighted by atomic mass is 10.1. The number of nitrogens with one attached hydrogen (secondary N) is 1. The molecule has 1 atom stereocenters. The van der Waals surface area contributed by atoms with Gasteiger partial charge in [0.25, 0.3) is 0 Å². The first kappa shape index (κ1) is 15.2. The molecule has 0 aliphatic carbocycles. The maximum absolute atomic E-state index is 11.8. The normalized spacial score (nSPS) is 14.7. The summed E-state index contributed by atoms with van der Waals surface area (Å²) in [4.78, 5) is 11.8. The molecule has 1 aromatic carbocycles. The second-order valence-electron chi connectivity index (χ2n) is 4.84. The van der Waals surface area contributed by atoms with Crippen molar-refractivity contribution in [2.75, 3.05) is 18.5 Å². The molecule has 0 fully saturated rings. The molecule has 2 rings (SSSR count). The van der Waals surface area contributed by atoms with E-state index in [0.29, 0.717) is 19.6 Å². The van der Waals surface area contributed by atoms with E-state index in [1.165, 1.54) is 0 Å². The van der Waals surface area contributed by atoms with Gasteiger partial charge in [-0.1, -0.05) is 22.0 Å². The Labute approximate surface area is 128 Å². The summed E-state index contributed by atoms with van der Waals surface area (Å²) in [5.74, 6) is 1.62. The quantitative estimate of drug-likeness (QED) is 0.638. The predicted octanol–water partition coefficient (Wildman–Crippen LogP) is 3.20. The zero-order valence-electron chi connectivity index (χ0n) is 11.7. The van der Waals surface area contributed by atoms with Gasteiger partial charge in [-0.05, 0) is 37.5 Å². The van der Waals surface area contributed by atoms with Gasteiger partial charge in [-0.25, -0.2) is 0 Å². The summed E-state index contributed by atoms with van der Waals surface area (Å²) in [6.45, 7) is 3.14. The minimum Gasteiger partial charge on any atom is -0.486 e. The monoisotopic (exact) mass is 341 g/mol. The predicted molar refractivity (Wildman–Crippen MR) is 81.6 cm³/mol. The lowest BCUT2D eigenvalue weighted by Crippen LogP contribution is -2.26. The Balaban J connectivity index is 1.91. The van der Waals surface area contributed by atoms with Crippen LogP contribution in [0.2, 0.25) is 0 Å². The SMILES string of the molecule is CC(NC(=O)CCCCBr)c1ccc2c(c1)OCCO2. The highest BCUT2D eigenvalue weighted by atomic mass is 79.9. The number of ether oxygens (including phenoxy) is 2. The van der Waals surface area contributed by atoms with Crippen LogP contribution < -0.4 is 14.8 Å². The number of alkyl halides is 1. The van der Waals surface area contributed by atoms with Crippen LogP contribution in [-0.4, -0.2) is 24.5 Å². The van der Waals surface area contributed by atoms with Gasteiger partial charge in [-0.3, -0.25) is 4.79 Å². The molecular formula is C15H20BrNO3. The maximum Gasteiger partial charge on any atom is 0.220 e. The second-order valence-corrected chi connectivity index (χ2v) is 5.63. The van der Waals surface area contributed by atoms with E-state index < -0.39 is 0 Å². The zero-order valence-corrected chi connectivity index (χ0v) is 13.2. The minimum atomic E-state index is -0.0257. The van der Waals surface area contributed by atoms with Crippen molar-refractivity contribution in [3.63, 3.8) is 0 Å². The zero-order chi connectivity index (χ0) is 14.4. The van der Waals surface area contributed by atoms with E-state index in [-0.39, 0.29) is 11.9 Å². The van der Waals surface area contributed by atoms with Crippen LogP contribution >= 0.6 is 15.9 Å². The molecule has 1 N–H and O–H groups in total. The number of unbranched alkanes of at least 4 members (excludes halogenated alkanes) is 1. The van der Waals surface area contributed by atoms with Crippen molar-refractivity contribution in [2.24, 2.45) is 0 Å². The van der Waals surface area contributed by atoms with Gasteiger partial charge in [-0.15, -0.1) is 0 Å². The van der Waals surface area contributed by atoms with Crippen LogP contribution in [0, 0.1) is 0 Å². The standard InChI is InChI=1S/C15H20BrNO3/c1-11(17-15(18)4-2-3-7-16)12-5-6-13-14(10-12)20-9-8-19-13/h5-6,10-11H,2-4,7-9H2,1H3,(H,17,18).